The van der Waals surface area contributed by atoms with E-state index in [2.05, 4.69) is 20.8 Å². The van der Waals surface area contributed by atoms with Gasteiger partial charge < -0.3 is 28.4 Å². The Bertz CT molecular complexity index is 1400. The third-order valence-corrected chi connectivity index (χ3v) is 9.89. The van der Waals surface area contributed by atoms with Crippen LogP contribution in [0.25, 0.3) is 0 Å². The predicted octanol–water partition coefficient (Wildman–Crippen LogP) is 7.49. The number of benzene rings is 3. The molecular weight excluding hydrogens is 619 g/mol. The Morgan fingerprint density at radius 2 is 1.06 bits per heavy atom. The second kappa shape index (κ2) is 17.6. The largest absolute Gasteiger partial charge is 0.468 e. The molecule has 0 radical (unpaired) electrons. The fourth-order valence-corrected chi connectivity index (χ4v) is 6.53. The Balaban J connectivity index is 1.35. The fraction of sp³-hybridized carbons (Fsp3) is 0.514. The lowest BCUT2D eigenvalue weighted by Gasteiger charge is -2.49. The zero-order chi connectivity index (χ0) is 33.2. The molecule has 10 atom stereocenters. The minimum atomic E-state index is -3.01. The fourth-order valence-electron chi connectivity index (χ4n) is 6.26. The van der Waals surface area contributed by atoms with E-state index in [0.717, 1.165) is 16.7 Å². The van der Waals surface area contributed by atoms with E-state index in [1.54, 1.807) is 0 Å². The molecule has 0 spiro atoms. The van der Waals surface area contributed by atoms with Gasteiger partial charge in [0.15, 0.2) is 12.6 Å². The summed E-state index contributed by atoms with van der Waals surface area (Å²) in [5, 5.41) is 0. The molecule has 0 saturated carbocycles. The summed E-state index contributed by atoms with van der Waals surface area (Å²) < 4.78 is 66.7. The molecule has 0 bridgehead atoms. The summed E-state index contributed by atoms with van der Waals surface area (Å²) in [7, 11) is -3.01. The molecule has 3 aromatic rings. The van der Waals surface area contributed by atoms with Crippen molar-refractivity contribution < 1.29 is 42.1 Å². The first-order valence-corrected chi connectivity index (χ1v) is 17.6. The first-order chi connectivity index (χ1) is 22.8. The maximum atomic E-state index is 11.3. The van der Waals surface area contributed by atoms with Gasteiger partial charge in [0.2, 0.25) is 0 Å². The van der Waals surface area contributed by atoms with Crippen molar-refractivity contribution in [3.8, 4) is 0 Å². The van der Waals surface area contributed by atoms with Gasteiger partial charge in [0.05, 0.1) is 45.2 Å². The number of ether oxygens (including phenoxy) is 6. The molecule has 254 valence electrons. The minimum Gasteiger partial charge on any atom is -0.374 e. The van der Waals surface area contributed by atoms with Crippen LogP contribution in [0.5, 0.6) is 0 Å². The van der Waals surface area contributed by atoms with Gasteiger partial charge in [-0.05, 0) is 34.4 Å². The van der Waals surface area contributed by atoms with Crippen molar-refractivity contribution in [2.24, 2.45) is 23.7 Å². The molecule has 0 amide bonds. The third kappa shape index (κ3) is 9.91. The lowest BCUT2D eigenvalue weighted by atomic mass is 9.82. The molecule has 10 heteroatoms. The molecule has 0 aromatic heterocycles. The Kier molecular flexibility index (Phi) is 13.3. The minimum absolute atomic E-state index is 0.00583. The summed E-state index contributed by atoms with van der Waals surface area (Å²) in [5.74, 6) is -0.0945. The average Bonchev–Trinajstić information content (AvgIpc) is 3.09. The van der Waals surface area contributed by atoms with Crippen molar-refractivity contribution in [2.45, 2.75) is 84.5 Å². The van der Waals surface area contributed by atoms with Gasteiger partial charge in [0.1, 0.15) is 12.2 Å². The maximum absolute atomic E-state index is 11.3. The highest BCUT2D eigenvalue weighted by Gasteiger charge is 2.49. The summed E-state index contributed by atoms with van der Waals surface area (Å²) in [6, 6.07) is 30.0. The Hall–Kier alpha value is -2.72. The average molecular weight is 667 g/mol. The molecular formula is C37H47O9P. The van der Waals surface area contributed by atoms with E-state index in [-0.39, 0.29) is 36.9 Å². The molecule has 5 rings (SSSR count). The van der Waals surface area contributed by atoms with Crippen molar-refractivity contribution >= 4 is 7.91 Å². The lowest BCUT2D eigenvalue weighted by Crippen LogP contribution is -2.58. The summed E-state index contributed by atoms with van der Waals surface area (Å²) in [4.78, 5) is 0. The number of hydrogen-bond donors (Lipinski definition) is 0. The van der Waals surface area contributed by atoms with Crippen molar-refractivity contribution in [3.63, 3.8) is 0 Å². The van der Waals surface area contributed by atoms with Gasteiger partial charge in [-0.1, -0.05) is 119 Å². The second-order valence-corrected chi connectivity index (χ2v) is 13.4. The van der Waals surface area contributed by atoms with Crippen molar-refractivity contribution in [3.05, 3.63) is 108 Å². The molecule has 2 heterocycles. The van der Waals surface area contributed by atoms with Crippen LogP contribution >= 0.6 is 7.91 Å². The van der Waals surface area contributed by atoms with Crippen LogP contribution in [-0.4, -0.2) is 50.2 Å². The Labute approximate surface area is 278 Å². The lowest BCUT2D eigenvalue weighted by molar-refractivity contribution is -0.343. The van der Waals surface area contributed by atoms with Gasteiger partial charge in [0, 0.05) is 5.92 Å². The van der Waals surface area contributed by atoms with E-state index in [4.69, 9.17) is 32.9 Å². The van der Waals surface area contributed by atoms with E-state index < -0.39 is 44.9 Å². The predicted molar refractivity (Wildman–Crippen MR) is 175 cm³/mol. The van der Waals surface area contributed by atoms with Gasteiger partial charge >= 0.3 is 7.91 Å². The highest BCUT2D eigenvalue weighted by Crippen LogP contribution is 2.39. The molecule has 0 N–H and O–H groups in total. The van der Waals surface area contributed by atoms with Gasteiger partial charge in [-0.3, -0.25) is 4.52 Å². The third-order valence-electron chi connectivity index (χ3n) is 9.53. The maximum Gasteiger partial charge on any atom is 0.468 e. The van der Waals surface area contributed by atoms with Gasteiger partial charge in [-0.2, -0.15) is 0 Å². The molecule has 3 aromatic carbocycles. The molecule has 9 nitrogen and oxygen atoms in total. The van der Waals surface area contributed by atoms with E-state index in [1.165, 1.54) is 0 Å². The van der Waals surface area contributed by atoms with Crippen LogP contribution in [0.4, 0.5) is 0 Å². The van der Waals surface area contributed by atoms with Crippen molar-refractivity contribution in [1.29, 1.82) is 0 Å². The topological polar surface area (TPSA) is 98.8 Å². The van der Waals surface area contributed by atoms with E-state index in [9.17, 15) is 9.13 Å². The van der Waals surface area contributed by atoms with Crippen LogP contribution in [0.3, 0.4) is 0 Å². The Morgan fingerprint density at radius 3 is 1.64 bits per heavy atom. The van der Waals surface area contributed by atoms with Crippen LogP contribution in [0.15, 0.2) is 91.0 Å². The van der Waals surface area contributed by atoms with E-state index in [0.29, 0.717) is 19.8 Å². The number of rotatable bonds is 15. The van der Waals surface area contributed by atoms with Gasteiger partial charge in [0.25, 0.3) is 0 Å². The normalized spacial score (nSPS) is 31.0. The molecule has 4 unspecified atom stereocenters. The SMILES string of the molecule is CC1[C@H](OCc2ccccc2)OC(COCc2ccccc2)[C@@H](O[C@@H]2OC(COP(=O)=O)[C@@H](C)[C@H](C)C2OCc2ccccc2)[C@@H]1C. The molecule has 2 aliphatic heterocycles. The van der Waals surface area contributed by atoms with Gasteiger partial charge in [-0.25, -0.2) is 9.13 Å². The quantitative estimate of drug-likeness (QED) is 0.153. The van der Waals surface area contributed by atoms with Crippen LogP contribution in [0.1, 0.15) is 44.4 Å². The zero-order valence-electron chi connectivity index (χ0n) is 27.6. The smallest absolute Gasteiger partial charge is 0.374 e. The molecule has 47 heavy (non-hydrogen) atoms. The molecule has 2 aliphatic rings. The summed E-state index contributed by atoms with van der Waals surface area (Å²) >= 11 is 0. The molecule has 0 aliphatic carbocycles. The Morgan fingerprint density at radius 1 is 0.553 bits per heavy atom. The molecule has 2 saturated heterocycles. The highest BCUT2D eigenvalue weighted by atomic mass is 31.1. The summed E-state index contributed by atoms with van der Waals surface area (Å²) in [6.07, 6.45) is -3.10. The number of hydrogen-bond acceptors (Lipinski definition) is 9. The standard InChI is InChI=1S/C37H47O9P/c1-25-26(2)35(41-21-30-16-10-6-11-17-30)37(44-32(25)24-43-47(38)39)46-34-27(3)28(4)36(42-22-31-18-12-7-13-19-31)45-33(34)23-40-20-29-14-8-5-9-15-29/h5-19,25-28,32-37H,20-24H2,1-4H3/t25-,26-,27+,28?,32?,33?,34-,35?,36+,37-/m0/s1. The second-order valence-electron chi connectivity index (χ2n) is 12.7. The van der Waals surface area contributed by atoms with Gasteiger partial charge in [-0.15, -0.1) is 0 Å². The van der Waals surface area contributed by atoms with Crippen LogP contribution in [0, 0.1) is 23.7 Å². The van der Waals surface area contributed by atoms with Crippen LogP contribution < -0.4 is 0 Å². The summed E-state index contributed by atoms with van der Waals surface area (Å²) in [5.41, 5.74) is 3.16. The van der Waals surface area contributed by atoms with Crippen molar-refractivity contribution in [1.82, 2.24) is 0 Å². The van der Waals surface area contributed by atoms with Crippen LogP contribution in [-0.2, 0) is 61.9 Å². The summed E-state index contributed by atoms with van der Waals surface area (Å²) in [6.45, 7) is 9.76. The first kappa shape index (κ1) is 35.6. The monoisotopic (exact) mass is 666 g/mol. The van der Waals surface area contributed by atoms with E-state index in [1.807, 2.05) is 97.9 Å². The first-order valence-electron chi connectivity index (χ1n) is 16.5. The molecule has 2 fully saturated rings. The van der Waals surface area contributed by atoms with Crippen LogP contribution in [0.2, 0.25) is 0 Å². The zero-order valence-corrected chi connectivity index (χ0v) is 28.5. The van der Waals surface area contributed by atoms with E-state index >= 15 is 0 Å². The highest BCUT2D eigenvalue weighted by molar-refractivity contribution is 7.24. The van der Waals surface area contributed by atoms with Crippen molar-refractivity contribution in [2.75, 3.05) is 13.2 Å².